The molecule has 0 aliphatic rings. The van der Waals surface area contributed by atoms with Gasteiger partial charge < -0.3 is 14.2 Å². The molecule has 0 saturated heterocycles. The first-order chi connectivity index (χ1) is 13.4. The van der Waals surface area contributed by atoms with Crippen LogP contribution in [0.4, 0.5) is 0 Å². The summed E-state index contributed by atoms with van der Waals surface area (Å²) in [6.45, 7) is 8.45. The lowest BCUT2D eigenvalue weighted by atomic mass is 10.0. The molecule has 0 aliphatic carbocycles. The summed E-state index contributed by atoms with van der Waals surface area (Å²) in [5.74, 6) is -0.813. The van der Waals surface area contributed by atoms with E-state index in [9.17, 15) is 14.4 Å². The molecule has 0 N–H and O–H groups in total. The number of hydrogen-bond donors (Lipinski definition) is 0. The molecule has 0 fully saturated rings. The number of carbonyl (C=O) groups excluding carboxylic acids is 3. The summed E-state index contributed by atoms with van der Waals surface area (Å²) in [6.07, 6.45) is 0.743. The van der Waals surface area contributed by atoms with E-state index in [1.807, 2.05) is 26.8 Å². The maximum Gasteiger partial charge on any atom is 0.354 e. The molecule has 28 heavy (non-hydrogen) atoms. The molecule has 2 aromatic rings. The molecule has 6 nitrogen and oxygen atoms in total. The normalized spacial score (nSPS) is 10.6. The molecule has 0 saturated carbocycles. The van der Waals surface area contributed by atoms with E-state index in [-0.39, 0.29) is 18.2 Å². The lowest BCUT2D eigenvalue weighted by Gasteiger charge is -2.21. The lowest BCUT2D eigenvalue weighted by molar-refractivity contribution is 0.0587. The molecule has 150 valence electrons. The first kappa shape index (κ1) is 21.4. The minimum absolute atomic E-state index is 0.0302. The fourth-order valence-corrected chi connectivity index (χ4v) is 3.60. The predicted octanol–water partition coefficient (Wildman–Crippen LogP) is 3.65. The highest BCUT2D eigenvalue weighted by atomic mass is 16.5. The van der Waals surface area contributed by atoms with Gasteiger partial charge in [0.15, 0.2) is 5.78 Å². The number of ketones is 1. The molecule has 6 heteroatoms. The van der Waals surface area contributed by atoms with Crippen molar-refractivity contribution in [1.82, 2.24) is 9.47 Å². The molecule has 2 rings (SSSR count). The number of benzene rings is 1. The second-order valence-corrected chi connectivity index (χ2v) is 6.69. The number of amides is 1. The van der Waals surface area contributed by atoms with Gasteiger partial charge >= 0.3 is 5.97 Å². The Morgan fingerprint density at radius 2 is 1.71 bits per heavy atom. The van der Waals surface area contributed by atoms with Crippen LogP contribution < -0.4 is 0 Å². The summed E-state index contributed by atoms with van der Waals surface area (Å²) in [7, 11) is 1.33. The zero-order chi connectivity index (χ0) is 20.8. The predicted molar refractivity (Wildman–Crippen MR) is 108 cm³/mol. The van der Waals surface area contributed by atoms with Crippen LogP contribution in [-0.2, 0) is 11.3 Å². The number of hydrogen-bond acceptors (Lipinski definition) is 4. The van der Waals surface area contributed by atoms with Gasteiger partial charge in [-0.3, -0.25) is 9.59 Å². The van der Waals surface area contributed by atoms with E-state index in [1.165, 1.54) is 7.11 Å². The van der Waals surface area contributed by atoms with Crippen LogP contribution in [0.3, 0.4) is 0 Å². The molecule has 0 atom stereocenters. The Labute approximate surface area is 166 Å². The van der Waals surface area contributed by atoms with Gasteiger partial charge in [0.25, 0.3) is 5.91 Å². The Kier molecular flexibility index (Phi) is 7.15. The number of Topliss-reactive ketones (excluding diaryl/α,β-unsaturated/α-hetero) is 1. The van der Waals surface area contributed by atoms with Crippen molar-refractivity contribution in [3.63, 3.8) is 0 Å². The SMILES string of the molecule is CCCN(CC(=O)c1c(C)c(C(=O)OC)n(CC)c1C)C(=O)c1ccccc1. The average molecular weight is 384 g/mol. The molecular weight excluding hydrogens is 356 g/mol. The molecule has 1 aromatic heterocycles. The second-order valence-electron chi connectivity index (χ2n) is 6.69. The third-order valence-corrected chi connectivity index (χ3v) is 4.88. The highest BCUT2D eigenvalue weighted by molar-refractivity contribution is 6.06. The average Bonchev–Trinajstić information content (AvgIpc) is 2.96. The van der Waals surface area contributed by atoms with Crippen molar-refractivity contribution in [2.45, 2.75) is 40.7 Å². The quantitative estimate of drug-likeness (QED) is 0.515. The van der Waals surface area contributed by atoms with Gasteiger partial charge in [0.05, 0.1) is 13.7 Å². The Bertz CT molecular complexity index is 868. The monoisotopic (exact) mass is 384 g/mol. The number of esters is 1. The van der Waals surface area contributed by atoms with Crippen LogP contribution in [-0.4, -0.2) is 47.3 Å². The zero-order valence-corrected chi connectivity index (χ0v) is 17.2. The van der Waals surface area contributed by atoms with Crippen LogP contribution in [0.25, 0.3) is 0 Å². The van der Waals surface area contributed by atoms with Crippen LogP contribution in [0, 0.1) is 13.8 Å². The highest BCUT2D eigenvalue weighted by Gasteiger charge is 2.28. The van der Waals surface area contributed by atoms with Crippen LogP contribution in [0.1, 0.15) is 62.7 Å². The topological polar surface area (TPSA) is 68.6 Å². The Balaban J connectivity index is 2.38. The van der Waals surface area contributed by atoms with Gasteiger partial charge in [-0.2, -0.15) is 0 Å². The highest BCUT2D eigenvalue weighted by Crippen LogP contribution is 2.24. The van der Waals surface area contributed by atoms with E-state index >= 15 is 0 Å². The van der Waals surface area contributed by atoms with Gasteiger partial charge in [-0.1, -0.05) is 25.1 Å². The van der Waals surface area contributed by atoms with Gasteiger partial charge in [0, 0.05) is 29.9 Å². The summed E-state index contributed by atoms with van der Waals surface area (Å²) in [6, 6.07) is 8.94. The van der Waals surface area contributed by atoms with Crippen molar-refractivity contribution < 1.29 is 19.1 Å². The molecule has 1 aromatic carbocycles. The minimum atomic E-state index is -0.465. The van der Waals surface area contributed by atoms with Gasteiger partial charge in [-0.05, 0) is 44.9 Å². The molecule has 0 spiro atoms. The standard InChI is InChI=1S/C22H28N2O4/c1-6-13-23(21(26)17-11-9-8-10-12-17)14-18(25)19-15(3)20(22(27)28-5)24(7-2)16(19)4/h8-12H,6-7,13-14H2,1-5H3. The Morgan fingerprint density at radius 1 is 1.07 bits per heavy atom. The van der Waals surface area contributed by atoms with E-state index in [1.54, 1.807) is 40.7 Å². The summed E-state index contributed by atoms with van der Waals surface area (Å²) >= 11 is 0. The smallest absolute Gasteiger partial charge is 0.354 e. The van der Waals surface area contributed by atoms with Gasteiger partial charge in [0.1, 0.15) is 5.69 Å². The summed E-state index contributed by atoms with van der Waals surface area (Å²) in [5.41, 5.74) is 2.75. The van der Waals surface area contributed by atoms with Crippen molar-refractivity contribution in [2.75, 3.05) is 20.2 Å². The first-order valence-electron chi connectivity index (χ1n) is 9.52. The maximum absolute atomic E-state index is 13.1. The summed E-state index contributed by atoms with van der Waals surface area (Å²) < 4.78 is 6.68. The van der Waals surface area contributed by atoms with Crippen molar-refractivity contribution in [3.05, 3.63) is 58.4 Å². The maximum atomic E-state index is 13.1. The molecule has 1 amide bonds. The van der Waals surface area contributed by atoms with Gasteiger partial charge in [-0.25, -0.2) is 4.79 Å². The van der Waals surface area contributed by atoms with E-state index in [4.69, 9.17) is 4.74 Å². The Hall–Kier alpha value is -2.89. The largest absolute Gasteiger partial charge is 0.464 e. The van der Waals surface area contributed by atoms with Crippen LogP contribution in [0.2, 0.25) is 0 Å². The molecule has 0 radical (unpaired) electrons. The molecule has 0 bridgehead atoms. The number of aromatic nitrogens is 1. The van der Waals surface area contributed by atoms with Crippen LogP contribution >= 0.6 is 0 Å². The third kappa shape index (κ3) is 4.16. The van der Waals surface area contributed by atoms with Crippen molar-refractivity contribution in [3.8, 4) is 0 Å². The van der Waals surface area contributed by atoms with Crippen molar-refractivity contribution in [1.29, 1.82) is 0 Å². The number of methoxy groups -OCH3 is 1. The molecule has 0 aliphatic heterocycles. The van der Waals surface area contributed by atoms with Gasteiger partial charge in [0.2, 0.25) is 0 Å². The van der Waals surface area contributed by atoms with Crippen molar-refractivity contribution in [2.24, 2.45) is 0 Å². The van der Waals surface area contributed by atoms with Gasteiger partial charge in [-0.15, -0.1) is 0 Å². The number of rotatable bonds is 8. The third-order valence-electron chi connectivity index (χ3n) is 4.88. The fourth-order valence-electron chi connectivity index (χ4n) is 3.60. The first-order valence-corrected chi connectivity index (χ1v) is 9.52. The Morgan fingerprint density at radius 3 is 2.25 bits per heavy atom. The number of ether oxygens (including phenoxy) is 1. The minimum Gasteiger partial charge on any atom is -0.464 e. The van der Waals surface area contributed by atoms with Crippen LogP contribution in [0.15, 0.2) is 30.3 Å². The van der Waals surface area contributed by atoms with Crippen molar-refractivity contribution >= 4 is 17.7 Å². The van der Waals surface area contributed by atoms with Crippen LogP contribution in [0.5, 0.6) is 0 Å². The lowest BCUT2D eigenvalue weighted by Crippen LogP contribution is -2.36. The van der Waals surface area contributed by atoms with E-state index in [0.29, 0.717) is 41.2 Å². The fraction of sp³-hybridized carbons (Fsp3) is 0.409. The number of nitrogens with zero attached hydrogens (tertiary/aromatic N) is 2. The molecular formula is C22H28N2O4. The molecule has 1 heterocycles. The number of carbonyl (C=O) groups is 3. The van der Waals surface area contributed by atoms with E-state index < -0.39 is 5.97 Å². The summed E-state index contributed by atoms with van der Waals surface area (Å²) in [5, 5.41) is 0. The zero-order valence-electron chi connectivity index (χ0n) is 17.2. The molecule has 0 unspecified atom stereocenters. The second kappa shape index (κ2) is 9.35. The van der Waals surface area contributed by atoms with E-state index in [0.717, 1.165) is 6.42 Å². The summed E-state index contributed by atoms with van der Waals surface area (Å²) in [4.78, 5) is 39.8. The van der Waals surface area contributed by atoms with E-state index in [2.05, 4.69) is 0 Å².